The molecule has 0 atom stereocenters. The Kier molecular flexibility index (Phi) is 1.73. The molecule has 0 N–H and O–H groups in total. The topological polar surface area (TPSA) is 60.2 Å². The van der Waals surface area contributed by atoms with E-state index in [1.807, 2.05) is 30.3 Å². The molecule has 16 heavy (non-hydrogen) atoms. The second-order valence-corrected chi connectivity index (χ2v) is 3.59. The molecule has 0 amide bonds. The van der Waals surface area contributed by atoms with Gasteiger partial charge in [-0.2, -0.15) is 4.52 Å². The highest BCUT2D eigenvalue weighted by Crippen LogP contribution is 2.18. The summed E-state index contributed by atoms with van der Waals surface area (Å²) in [7, 11) is 0. The first kappa shape index (κ1) is 8.96. The molecule has 0 fully saturated rings. The van der Waals surface area contributed by atoms with Gasteiger partial charge in [-0.25, -0.2) is 0 Å². The predicted octanol–water partition coefficient (Wildman–Crippen LogP) is 1.48. The maximum absolute atomic E-state index is 11.5. The lowest BCUT2D eigenvalue weighted by Crippen LogP contribution is -2.00. The summed E-state index contributed by atoms with van der Waals surface area (Å²) in [6.07, 6.45) is 0. The van der Waals surface area contributed by atoms with Crippen molar-refractivity contribution in [3.05, 3.63) is 35.9 Å². The number of hydrogen-bond acceptors (Lipinski definition) is 4. The minimum atomic E-state index is -0.0365. The third kappa shape index (κ3) is 1.11. The van der Waals surface area contributed by atoms with Crippen LogP contribution in [-0.2, 0) is 0 Å². The number of ketones is 1. The Labute approximate surface area is 90.7 Å². The summed E-state index contributed by atoms with van der Waals surface area (Å²) in [6.45, 7) is 1.51. The fourth-order valence-corrected chi connectivity index (χ4v) is 1.80. The molecule has 5 nitrogen and oxygen atoms in total. The Morgan fingerprint density at radius 2 is 2.12 bits per heavy atom. The van der Waals surface area contributed by atoms with E-state index < -0.39 is 0 Å². The first-order chi connectivity index (χ1) is 7.77. The third-order valence-corrected chi connectivity index (χ3v) is 2.55. The number of aromatic nitrogens is 4. The van der Waals surface area contributed by atoms with Crippen molar-refractivity contribution in [3.8, 4) is 0 Å². The monoisotopic (exact) mass is 212 g/mol. The van der Waals surface area contributed by atoms with Crippen LogP contribution < -0.4 is 0 Å². The second-order valence-electron chi connectivity index (χ2n) is 3.59. The van der Waals surface area contributed by atoms with Crippen molar-refractivity contribution in [2.45, 2.75) is 6.92 Å². The zero-order valence-electron chi connectivity index (χ0n) is 8.58. The number of fused-ring (bicyclic) bond motifs is 3. The first-order valence-electron chi connectivity index (χ1n) is 4.88. The van der Waals surface area contributed by atoms with E-state index in [9.17, 15) is 4.79 Å². The maximum Gasteiger partial charge on any atom is 0.190 e. The highest BCUT2D eigenvalue weighted by atomic mass is 16.1. The molecular formula is C11H8N4O. The SMILES string of the molecule is CC(=O)c1cc2ccccc2n2nnnc12. The number of tetrazole rings is 1. The lowest BCUT2D eigenvalue weighted by Gasteiger charge is -2.02. The van der Waals surface area contributed by atoms with Crippen molar-refractivity contribution in [1.82, 2.24) is 20.0 Å². The van der Waals surface area contributed by atoms with Crippen molar-refractivity contribution in [3.63, 3.8) is 0 Å². The minimum absolute atomic E-state index is 0.0365. The van der Waals surface area contributed by atoms with E-state index in [1.54, 1.807) is 4.52 Å². The van der Waals surface area contributed by atoms with Gasteiger partial charge in [-0.3, -0.25) is 4.79 Å². The fourth-order valence-electron chi connectivity index (χ4n) is 1.80. The summed E-state index contributed by atoms with van der Waals surface area (Å²) >= 11 is 0. The van der Waals surface area contributed by atoms with E-state index in [0.717, 1.165) is 10.9 Å². The van der Waals surface area contributed by atoms with Gasteiger partial charge in [-0.05, 0) is 29.5 Å². The molecule has 5 heteroatoms. The van der Waals surface area contributed by atoms with Crippen LogP contribution in [0.3, 0.4) is 0 Å². The number of pyridine rings is 1. The molecule has 3 aromatic rings. The van der Waals surface area contributed by atoms with E-state index in [-0.39, 0.29) is 5.78 Å². The van der Waals surface area contributed by atoms with Gasteiger partial charge >= 0.3 is 0 Å². The molecule has 0 bridgehead atoms. The number of Topliss-reactive ketones (excluding diaryl/α,β-unsaturated/α-hetero) is 1. The van der Waals surface area contributed by atoms with E-state index in [1.165, 1.54) is 6.92 Å². The Morgan fingerprint density at radius 1 is 1.31 bits per heavy atom. The number of rotatable bonds is 1. The number of benzene rings is 1. The first-order valence-corrected chi connectivity index (χ1v) is 4.88. The van der Waals surface area contributed by atoms with Crippen molar-refractivity contribution in [2.75, 3.05) is 0 Å². The van der Waals surface area contributed by atoms with Crippen LogP contribution in [0, 0.1) is 0 Å². The predicted molar refractivity (Wildman–Crippen MR) is 58.3 cm³/mol. The lowest BCUT2D eigenvalue weighted by molar-refractivity contribution is 0.101. The molecule has 0 radical (unpaired) electrons. The van der Waals surface area contributed by atoms with Gasteiger partial charge in [0.25, 0.3) is 0 Å². The molecule has 0 aliphatic heterocycles. The van der Waals surface area contributed by atoms with Crippen molar-refractivity contribution < 1.29 is 4.79 Å². The summed E-state index contributed by atoms with van der Waals surface area (Å²) in [5.74, 6) is -0.0365. The molecule has 0 aliphatic carbocycles. The van der Waals surface area contributed by atoms with Gasteiger partial charge < -0.3 is 0 Å². The van der Waals surface area contributed by atoms with Crippen LogP contribution in [0.1, 0.15) is 17.3 Å². The number of carbonyl (C=O) groups is 1. The molecular weight excluding hydrogens is 204 g/mol. The Hall–Kier alpha value is -2.30. The molecule has 0 saturated carbocycles. The summed E-state index contributed by atoms with van der Waals surface area (Å²) in [5.41, 5.74) is 1.95. The number of para-hydroxylation sites is 1. The summed E-state index contributed by atoms with van der Waals surface area (Å²) < 4.78 is 1.59. The smallest absolute Gasteiger partial charge is 0.190 e. The molecule has 78 valence electrons. The average molecular weight is 212 g/mol. The van der Waals surface area contributed by atoms with Crippen LogP contribution in [0.25, 0.3) is 16.6 Å². The number of carbonyl (C=O) groups excluding carboxylic acids is 1. The van der Waals surface area contributed by atoms with E-state index in [2.05, 4.69) is 15.5 Å². The maximum atomic E-state index is 11.5. The Balaban J connectivity index is 2.58. The zero-order chi connectivity index (χ0) is 11.1. The summed E-state index contributed by atoms with van der Waals surface area (Å²) in [6, 6.07) is 9.51. The fraction of sp³-hybridized carbons (Fsp3) is 0.0909. The van der Waals surface area contributed by atoms with Gasteiger partial charge in [0.1, 0.15) is 0 Å². The molecule has 0 unspecified atom stereocenters. The highest BCUT2D eigenvalue weighted by molar-refractivity contribution is 6.03. The van der Waals surface area contributed by atoms with Crippen LogP contribution in [0.5, 0.6) is 0 Å². The molecule has 0 saturated heterocycles. The van der Waals surface area contributed by atoms with Crippen LogP contribution >= 0.6 is 0 Å². The molecule has 0 aliphatic rings. The lowest BCUT2D eigenvalue weighted by atomic mass is 10.1. The quantitative estimate of drug-likeness (QED) is 0.573. The van der Waals surface area contributed by atoms with Gasteiger partial charge in [0, 0.05) is 5.39 Å². The van der Waals surface area contributed by atoms with Crippen molar-refractivity contribution in [2.24, 2.45) is 0 Å². The zero-order valence-corrected chi connectivity index (χ0v) is 8.58. The van der Waals surface area contributed by atoms with Crippen LogP contribution in [0.2, 0.25) is 0 Å². The van der Waals surface area contributed by atoms with Gasteiger partial charge in [-0.1, -0.05) is 18.2 Å². The summed E-state index contributed by atoms with van der Waals surface area (Å²) in [5, 5.41) is 12.3. The number of hydrogen-bond donors (Lipinski definition) is 0. The van der Waals surface area contributed by atoms with Gasteiger partial charge in [0.2, 0.25) is 0 Å². The standard InChI is InChI=1S/C11H8N4O/c1-7(16)9-6-8-4-2-3-5-10(8)15-11(9)12-13-14-15/h2-6H,1H3. The highest BCUT2D eigenvalue weighted by Gasteiger charge is 2.12. The van der Waals surface area contributed by atoms with Crippen molar-refractivity contribution >= 4 is 22.3 Å². The molecule has 1 aromatic carbocycles. The third-order valence-electron chi connectivity index (χ3n) is 2.55. The van der Waals surface area contributed by atoms with E-state index in [4.69, 9.17) is 0 Å². The minimum Gasteiger partial charge on any atom is -0.294 e. The van der Waals surface area contributed by atoms with Crippen molar-refractivity contribution in [1.29, 1.82) is 0 Å². The molecule has 0 spiro atoms. The average Bonchev–Trinajstić information content (AvgIpc) is 2.76. The number of nitrogens with zero attached hydrogens (tertiary/aromatic N) is 4. The molecule has 2 aromatic heterocycles. The molecule has 2 heterocycles. The van der Waals surface area contributed by atoms with Gasteiger partial charge in [-0.15, -0.1) is 5.10 Å². The Bertz CT molecular complexity index is 701. The van der Waals surface area contributed by atoms with Crippen LogP contribution in [-0.4, -0.2) is 25.8 Å². The summed E-state index contributed by atoms with van der Waals surface area (Å²) in [4.78, 5) is 11.5. The largest absolute Gasteiger partial charge is 0.294 e. The van der Waals surface area contributed by atoms with Gasteiger partial charge in [0.15, 0.2) is 11.4 Å². The normalized spacial score (nSPS) is 11.1. The van der Waals surface area contributed by atoms with E-state index >= 15 is 0 Å². The Morgan fingerprint density at radius 3 is 2.94 bits per heavy atom. The van der Waals surface area contributed by atoms with E-state index in [0.29, 0.717) is 11.2 Å². The van der Waals surface area contributed by atoms with Crippen LogP contribution in [0.15, 0.2) is 30.3 Å². The van der Waals surface area contributed by atoms with Crippen LogP contribution in [0.4, 0.5) is 0 Å². The molecule has 3 rings (SSSR count). The van der Waals surface area contributed by atoms with Gasteiger partial charge in [0.05, 0.1) is 11.1 Å². The second kappa shape index (κ2) is 3.10.